The van der Waals surface area contributed by atoms with Gasteiger partial charge in [0.15, 0.2) is 5.17 Å². The first-order valence-corrected chi connectivity index (χ1v) is 9.89. The molecule has 0 bridgehead atoms. The second kappa shape index (κ2) is 9.79. The fourth-order valence-electron chi connectivity index (χ4n) is 2.59. The Kier molecular flexibility index (Phi) is 6.90. The van der Waals surface area contributed by atoms with E-state index in [-0.39, 0.29) is 35.0 Å². The highest BCUT2D eigenvalue weighted by Gasteiger charge is 2.24. The fourth-order valence-corrected chi connectivity index (χ4v) is 3.43. The summed E-state index contributed by atoms with van der Waals surface area (Å²) < 4.78 is 5.31. The summed E-state index contributed by atoms with van der Waals surface area (Å²) >= 11 is 1.02. The van der Waals surface area contributed by atoms with Crippen molar-refractivity contribution in [2.24, 2.45) is 4.99 Å². The summed E-state index contributed by atoms with van der Waals surface area (Å²) in [6.07, 6.45) is 1.49. The van der Waals surface area contributed by atoms with Crippen molar-refractivity contribution in [2.75, 3.05) is 6.61 Å². The second-order valence-corrected chi connectivity index (χ2v) is 7.45. The van der Waals surface area contributed by atoms with Crippen LogP contribution in [-0.2, 0) is 9.59 Å². The average molecular weight is 456 g/mol. The van der Waals surface area contributed by atoms with Crippen molar-refractivity contribution in [3.8, 4) is 5.75 Å². The molecule has 164 valence electrons. The van der Waals surface area contributed by atoms with Gasteiger partial charge in [-0.25, -0.2) is 14.6 Å². The van der Waals surface area contributed by atoms with Crippen molar-refractivity contribution in [3.63, 3.8) is 0 Å². The monoisotopic (exact) mass is 456 g/mol. The topological polar surface area (TPSA) is 163 Å². The van der Waals surface area contributed by atoms with Gasteiger partial charge in [0.05, 0.1) is 34.7 Å². The van der Waals surface area contributed by atoms with E-state index in [4.69, 9.17) is 20.1 Å². The fraction of sp³-hybridized carbons (Fsp3) is 0.0952. The number of hydrogen-bond donors (Lipinski definition) is 4. The third-order valence-corrected chi connectivity index (χ3v) is 4.97. The molecule has 0 radical (unpaired) electrons. The van der Waals surface area contributed by atoms with Gasteiger partial charge in [-0.15, -0.1) is 0 Å². The Balaban J connectivity index is 1.75. The van der Waals surface area contributed by atoms with Crippen molar-refractivity contribution in [1.82, 2.24) is 5.32 Å². The van der Waals surface area contributed by atoms with Crippen molar-refractivity contribution in [3.05, 3.63) is 64.1 Å². The van der Waals surface area contributed by atoms with E-state index in [1.165, 1.54) is 12.1 Å². The van der Waals surface area contributed by atoms with E-state index < -0.39 is 23.8 Å². The number of hydrogen-bond acceptors (Lipinski definition) is 7. The Morgan fingerprint density at radius 2 is 1.62 bits per heavy atom. The van der Waals surface area contributed by atoms with Gasteiger partial charge in [-0.2, -0.15) is 0 Å². The van der Waals surface area contributed by atoms with Crippen molar-refractivity contribution >= 4 is 52.5 Å². The van der Waals surface area contributed by atoms with Crippen LogP contribution >= 0.6 is 11.8 Å². The molecule has 3 rings (SSSR count). The van der Waals surface area contributed by atoms with Gasteiger partial charge in [-0.3, -0.25) is 9.59 Å². The van der Waals surface area contributed by atoms with Crippen LogP contribution in [0.3, 0.4) is 0 Å². The third kappa shape index (κ3) is 5.95. The van der Waals surface area contributed by atoms with Gasteiger partial charge in [-0.05, 0) is 53.7 Å². The number of aromatic carboxylic acids is 2. The molecule has 4 N–H and O–H groups in total. The number of aliphatic imine (C=N–C) groups is 1. The van der Waals surface area contributed by atoms with E-state index in [9.17, 15) is 19.2 Å². The van der Waals surface area contributed by atoms with Gasteiger partial charge in [0.2, 0.25) is 0 Å². The van der Waals surface area contributed by atoms with Gasteiger partial charge >= 0.3 is 17.9 Å². The molecular weight excluding hydrogens is 440 g/mol. The number of thioether (sulfide) groups is 1. The minimum atomic E-state index is -1.30. The van der Waals surface area contributed by atoms with Crippen molar-refractivity contribution < 1.29 is 39.2 Å². The molecule has 1 heterocycles. The predicted molar refractivity (Wildman–Crippen MR) is 115 cm³/mol. The lowest BCUT2D eigenvalue weighted by atomic mass is 10.1. The summed E-state index contributed by atoms with van der Waals surface area (Å²) in [4.78, 5) is 49.7. The Bertz CT molecular complexity index is 1120. The number of rotatable bonds is 8. The van der Waals surface area contributed by atoms with E-state index >= 15 is 0 Å². The number of amides is 1. The van der Waals surface area contributed by atoms with Gasteiger partial charge in [-0.1, -0.05) is 12.1 Å². The lowest BCUT2D eigenvalue weighted by molar-refractivity contribution is -0.137. The normalized spacial score (nSPS) is 15.6. The average Bonchev–Trinajstić information content (AvgIpc) is 3.07. The summed E-state index contributed by atoms with van der Waals surface area (Å²) in [5.74, 6) is -3.47. The number of carbonyl (C=O) groups is 4. The SMILES string of the molecule is O=C(O)CCOc1ccc(/C=C2\SC(=Nc3cc(C(=O)O)cc(C(=O)O)c3)NC2=O)cc1. The number of benzene rings is 2. The Morgan fingerprint density at radius 1 is 1.00 bits per heavy atom. The summed E-state index contributed by atoms with van der Waals surface area (Å²) in [7, 11) is 0. The van der Waals surface area contributed by atoms with Crippen molar-refractivity contribution in [1.29, 1.82) is 0 Å². The molecule has 11 heteroatoms. The largest absolute Gasteiger partial charge is 0.493 e. The molecule has 1 saturated heterocycles. The van der Waals surface area contributed by atoms with E-state index in [0.717, 1.165) is 17.8 Å². The zero-order chi connectivity index (χ0) is 23.3. The maximum Gasteiger partial charge on any atom is 0.335 e. The molecule has 0 atom stereocenters. The number of carbonyl (C=O) groups excluding carboxylic acids is 1. The van der Waals surface area contributed by atoms with E-state index in [0.29, 0.717) is 16.2 Å². The molecular formula is C21H16N2O8S. The smallest absolute Gasteiger partial charge is 0.335 e. The van der Waals surface area contributed by atoms with E-state index in [2.05, 4.69) is 10.3 Å². The molecule has 2 aromatic rings. The Labute approximate surface area is 185 Å². The van der Waals surface area contributed by atoms with Crippen LogP contribution in [0.25, 0.3) is 6.08 Å². The number of amidine groups is 1. The van der Waals surface area contributed by atoms with E-state index in [1.54, 1.807) is 30.3 Å². The van der Waals surface area contributed by atoms with Crippen LogP contribution in [0.2, 0.25) is 0 Å². The van der Waals surface area contributed by atoms with Crippen LogP contribution in [0.15, 0.2) is 52.4 Å². The lowest BCUT2D eigenvalue weighted by Gasteiger charge is -2.04. The number of carboxylic acid groups (broad SMARTS) is 3. The molecule has 32 heavy (non-hydrogen) atoms. The molecule has 0 saturated carbocycles. The van der Waals surface area contributed by atoms with Crippen LogP contribution in [-0.4, -0.2) is 50.9 Å². The summed E-state index contributed by atoms with van der Waals surface area (Å²) in [6, 6.07) is 10.1. The highest BCUT2D eigenvalue weighted by molar-refractivity contribution is 8.18. The van der Waals surface area contributed by atoms with Crippen LogP contribution < -0.4 is 10.1 Å². The van der Waals surface area contributed by atoms with Crippen LogP contribution in [0, 0.1) is 0 Å². The Morgan fingerprint density at radius 3 is 2.19 bits per heavy atom. The quantitative estimate of drug-likeness (QED) is 0.437. The highest BCUT2D eigenvalue weighted by Crippen LogP contribution is 2.29. The first kappa shape index (κ1) is 22.6. The van der Waals surface area contributed by atoms with Gasteiger partial charge in [0.1, 0.15) is 5.75 Å². The minimum Gasteiger partial charge on any atom is -0.493 e. The van der Waals surface area contributed by atoms with Crippen LogP contribution in [0.4, 0.5) is 5.69 Å². The zero-order valence-electron chi connectivity index (χ0n) is 16.3. The number of ether oxygens (including phenoxy) is 1. The molecule has 0 aliphatic carbocycles. The van der Waals surface area contributed by atoms with Crippen LogP contribution in [0.1, 0.15) is 32.7 Å². The summed E-state index contributed by atoms with van der Waals surface area (Å²) in [5, 5.41) is 29.7. The summed E-state index contributed by atoms with van der Waals surface area (Å²) in [5.41, 5.74) is 0.296. The number of nitrogens with one attached hydrogen (secondary N) is 1. The summed E-state index contributed by atoms with van der Waals surface area (Å²) in [6.45, 7) is 0.0422. The van der Waals surface area contributed by atoms with Gasteiger partial charge < -0.3 is 25.4 Å². The van der Waals surface area contributed by atoms with Crippen molar-refractivity contribution in [2.45, 2.75) is 6.42 Å². The maximum absolute atomic E-state index is 12.3. The Hall–Kier alpha value is -4.12. The third-order valence-electron chi connectivity index (χ3n) is 4.06. The highest BCUT2D eigenvalue weighted by atomic mass is 32.2. The predicted octanol–water partition coefficient (Wildman–Crippen LogP) is 2.83. The first-order valence-electron chi connectivity index (χ1n) is 9.07. The molecule has 1 amide bonds. The van der Waals surface area contributed by atoms with E-state index in [1.807, 2.05) is 0 Å². The molecule has 0 unspecified atom stereocenters. The second-order valence-electron chi connectivity index (χ2n) is 6.42. The van der Waals surface area contributed by atoms with Gasteiger partial charge in [0, 0.05) is 0 Å². The molecule has 10 nitrogen and oxygen atoms in total. The number of aliphatic carboxylic acids is 1. The molecule has 0 spiro atoms. The minimum absolute atomic E-state index is 0.0422. The van der Waals surface area contributed by atoms with Crippen LogP contribution in [0.5, 0.6) is 5.75 Å². The molecule has 1 aliphatic heterocycles. The molecule has 1 fully saturated rings. The lowest BCUT2D eigenvalue weighted by Crippen LogP contribution is -2.19. The zero-order valence-corrected chi connectivity index (χ0v) is 17.1. The number of nitrogens with zero attached hydrogens (tertiary/aromatic N) is 1. The standard InChI is InChI=1S/C21H16N2O8S/c24-17(25)5-6-31-15-3-1-11(2-4-15)7-16-18(26)23-21(32-16)22-14-9-12(19(27)28)8-13(10-14)20(29)30/h1-4,7-10H,5-6H2,(H,24,25)(H,27,28)(H,29,30)(H,22,23,26)/b16-7-. The first-order chi connectivity index (χ1) is 15.2. The van der Waals surface area contributed by atoms with Gasteiger partial charge in [0.25, 0.3) is 5.91 Å². The molecule has 1 aliphatic rings. The number of carboxylic acids is 3. The molecule has 2 aromatic carbocycles. The maximum atomic E-state index is 12.3. The molecule has 0 aromatic heterocycles.